The first-order chi connectivity index (χ1) is 16.8. The van der Waals surface area contributed by atoms with Gasteiger partial charge in [-0.2, -0.15) is 0 Å². The minimum absolute atomic E-state index is 0.00102. The largest absolute Gasteiger partial charge is 0.481 e. The van der Waals surface area contributed by atoms with Crippen molar-refractivity contribution in [3.8, 4) is 11.1 Å². The first-order valence-electron chi connectivity index (χ1n) is 11.7. The first-order valence-corrected chi connectivity index (χ1v) is 11.7. The number of alkyl carbamates (subject to hydrolysis) is 1. The van der Waals surface area contributed by atoms with Crippen LogP contribution < -0.4 is 5.32 Å². The minimum atomic E-state index is -3.18. The predicted octanol–water partition coefficient (Wildman–Crippen LogP) is 3.73. The average molecular weight is 484 g/mol. The summed E-state index contributed by atoms with van der Waals surface area (Å²) in [6.45, 7) is 0.321. The van der Waals surface area contributed by atoms with Crippen LogP contribution in [0, 0.1) is 17.8 Å². The molecule has 2 amide bonds. The van der Waals surface area contributed by atoms with E-state index in [1.165, 1.54) is 4.90 Å². The van der Waals surface area contributed by atoms with Crippen LogP contribution in [0.2, 0.25) is 0 Å². The molecular weight excluding hydrogens is 458 g/mol. The molecule has 2 aromatic carbocycles. The van der Waals surface area contributed by atoms with Crippen molar-refractivity contribution in [2.24, 2.45) is 17.8 Å². The lowest BCUT2D eigenvalue weighted by Gasteiger charge is -2.39. The van der Waals surface area contributed by atoms with E-state index in [4.69, 9.17) is 9.84 Å². The van der Waals surface area contributed by atoms with Gasteiger partial charge in [0.2, 0.25) is 5.91 Å². The number of aliphatic carboxylic acids is 1. The highest BCUT2D eigenvalue weighted by Gasteiger charge is 2.72. The lowest BCUT2D eigenvalue weighted by atomic mass is 9.94. The zero-order valence-electron chi connectivity index (χ0n) is 19.0. The molecule has 0 bridgehead atoms. The third-order valence-electron chi connectivity index (χ3n) is 7.31. The van der Waals surface area contributed by atoms with E-state index in [9.17, 15) is 23.2 Å². The van der Waals surface area contributed by atoms with Crippen LogP contribution in [-0.2, 0) is 14.3 Å². The van der Waals surface area contributed by atoms with E-state index in [-0.39, 0.29) is 31.4 Å². The summed E-state index contributed by atoms with van der Waals surface area (Å²) in [5.41, 5.74) is 4.29. The Bertz CT molecular complexity index is 1120. The van der Waals surface area contributed by atoms with E-state index in [0.717, 1.165) is 22.3 Å². The van der Waals surface area contributed by atoms with Crippen molar-refractivity contribution in [2.45, 2.75) is 24.7 Å². The zero-order chi connectivity index (χ0) is 24.7. The highest BCUT2D eigenvalue weighted by molar-refractivity contribution is 5.84. The van der Waals surface area contributed by atoms with Crippen LogP contribution in [0.1, 0.15) is 29.9 Å². The van der Waals surface area contributed by atoms with Gasteiger partial charge in [0.15, 0.2) is 0 Å². The molecule has 1 saturated heterocycles. The number of carbonyl (C=O) groups is 3. The molecule has 0 unspecified atom stereocenters. The SMILES string of the molecule is O=C(O)CCC1CN(C(=O)[C@@H]2[C@H](CNC(=O)OCC3c4ccccc4-c4ccccc43)C2(F)F)C1. The van der Waals surface area contributed by atoms with E-state index in [2.05, 4.69) is 5.32 Å². The number of ether oxygens (including phenoxy) is 1. The van der Waals surface area contributed by atoms with Gasteiger partial charge in [-0.15, -0.1) is 0 Å². The molecule has 2 aliphatic carbocycles. The smallest absolute Gasteiger partial charge is 0.407 e. The average Bonchev–Trinajstić information content (AvgIpc) is 3.21. The molecular formula is C26H26F2N2O5. The molecule has 35 heavy (non-hydrogen) atoms. The second-order valence-electron chi connectivity index (χ2n) is 9.51. The van der Waals surface area contributed by atoms with Gasteiger partial charge in [0, 0.05) is 32.0 Å². The number of benzene rings is 2. The normalized spacial score (nSPS) is 22.1. The Morgan fingerprint density at radius 1 is 1.03 bits per heavy atom. The van der Waals surface area contributed by atoms with Gasteiger partial charge in [-0.3, -0.25) is 9.59 Å². The number of amides is 2. The topological polar surface area (TPSA) is 95.9 Å². The molecule has 1 aliphatic heterocycles. The third kappa shape index (κ3) is 4.35. The molecule has 184 valence electrons. The molecule has 5 rings (SSSR count). The van der Waals surface area contributed by atoms with Gasteiger partial charge in [0.05, 0.1) is 5.92 Å². The summed E-state index contributed by atoms with van der Waals surface area (Å²) in [5, 5.41) is 11.1. The summed E-state index contributed by atoms with van der Waals surface area (Å²) in [7, 11) is 0. The van der Waals surface area contributed by atoms with Gasteiger partial charge in [0.25, 0.3) is 5.92 Å². The molecule has 3 aliphatic rings. The van der Waals surface area contributed by atoms with Crippen molar-refractivity contribution < 1.29 is 33.0 Å². The highest BCUT2D eigenvalue weighted by atomic mass is 19.3. The summed E-state index contributed by atoms with van der Waals surface area (Å²) in [4.78, 5) is 36.7. The van der Waals surface area contributed by atoms with Crippen LogP contribution in [0.5, 0.6) is 0 Å². The summed E-state index contributed by atoms with van der Waals surface area (Å²) in [5.74, 6) is -7.57. The van der Waals surface area contributed by atoms with Gasteiger partial charge in [-0.05, 0) is 34.6 Å². The zero-order valence-corrected chi connectivity index (χ0v) is 19.0. The van der Waals surface area contributed by atoms with Crippen LogP contribution >= 0.6 is 0 Å². The second kappa shape index (κ2) is 8.94. The fourth-order valence-corrected chi connectivity index (χ4v) is 5.28. The Morgan fingerprint density at radius 3 is 2.23 bits per heavy atom. The maximum absolute atomic E-state index is 14.3. The molecule has 9 heteroatoms. The lowest BCUT2D eigenvalue weighted by Crippen LogP contribution is -2.51. The predicted molar refractivity (Wildman–Crippen MR) is 122 cm³/mol. The number of nitrogens with zero attached hydrogens (tertiary/aromatic N) is 1. The van der Waals surface area contributed by atoms with Crippen LogP contribution in [0.3, 0.4) is 0 Å². The summed E-state index contributed by atoms with van der Waals surface area (Å²) in [6.07, 6.45) is -0.371. The molecule has 0 aromatic heterocycles. The van der Waals surface area contributed by atoms with Gasteiger partial charge in [-0.25, -0.2) is 13.6 Å². The monoisotopic (exact) mass is 484 g/mol. The number of rotatable bonds is 8. The molecule has 2 N–H and O–H groups in total. The van der Waals surface area contributed by atoms with E-state index >= 15 is 0 Å². The molecule has 0 radical (unpaired) electrons. The van der Waals surface area contributed by atoms with Crippen molar-refractivity contribution in [2.75, 3.05) is 26.2 Å². The number of nitrogens with one attached hydrogen (secondary N) is 1. The molecule has 2 aromatic rings. The van der Waals surface area contributed by atoms with Crippen LogP contribution in [0.4, 0.5) is 13.6 Å². The Hall–Kier alpha value is -3.49. The number of likely N-dealkylation sites (tertiary alicyclic amines) is 1. The fraction of sp³-hybridized carbons (Fsp3) is 0.423. The van der Waals surface area contributed by atoms with Gasteiger partial charge in [0.1, 0.15) is 12.5 Å². The number of fused-ring (bicyclic) bond motifs is 3. The van der Waals surface area contributed by atoms with E-state index in [1.54, 1.807) is 0 Å². The number of halogens is 2. The molecule has 2 fully saturated rings. The van der Waals surface area contributed by atoms with Crippen molar-refractivity contribution in [3.63, 3.8) is 0 Å². The summed E-state index contributed by atoms with van der Waals surface area (Å²) < 4.78 is 33.9. The summed E-state index contributed by atoms with van der Waals surface area (Å²) in [6, 6.07) is 15.8. The Balaban J connectivity index is 1.11. The number of alkyl halides is 2. The molecule has 1 heterocycles. The fourth-order valence-electron chi connectivity index (χ4n) is 5.28. The van der Waals surface area contributed by atoms with Crippen molar-refractivity contribution in [1.29, 1.82) is 0 Å². The maximum Gasteiger partial charge on any atom is 0.407 e. The first kappa shape index (κ1) is 23.3. The van der Waals surface area contributed by atoms with E-state index in [1.807, 2.05) is 48.5 Å². The molecule has 1 saturated carbocycles. The number of carboxylic acids is 1. The van der Waals surface area contributed by atoms with E-state index < -0.39 is 35.7 Å². The number of carbonyl (C=O) groups excluding carboxylic acids is 2. The number of hydrogen-bond acceptors (Lipinski definition) is 4. The minimum Gasteiger partial charge on any atom is -0.481 e. The Morgan fingerprint density at radius 2 is 1.63 bits per heavy atom. The van der Waals surface area contributed by atoms with Crippen molar-refractivity contribution in [1.82, 2.24) is 10.2 Å². The quantitative estimate of drug-likeness (QED) is 0.595. The van der Waals surface area contributed by atoms with E-state index in [0.29, 0.717) is 19.5 Å². The molecule has 0 spiro atoms. The molecule has 7 nitrogen and oxygen atoms in total. The van der Waals surface area contributed by atoms with Gasteiger partial charge in [-0.1, -0.05) is 48.5 Å². The Labute approximate surface area is 201 Å². The van der Waals surface area contributed by atoms with Crippen molar-refractivity contribution >= 4 is 18.0 Å². The van der Waals surface area contributed by atoms with Crippen LogP contribution in [-0.4, -0.2) is 60.1 Å². The third-order valence-corrected chi connectivity index (χ3v) is 7.31. The second-order valence-corrected chi connectivity index (χ2v) is 9.51. The van der Waals surface area contributed by atoms with Gasteiger partial charge < -0.3 is 20.1 Å². The maximum atomic E-state index is 14.3. The lowest BCUT2D eigenvalue weighted by molar-refractivity contribution is -0.142. The van der Waals surface area contributed by atoms with Crippen LogP contribution in [0.25, 0.3) is 11.1 Å². The van der Waals surface area contributed by atoms with Gasteiger partial charge >= 0.3 is 12.1 Å². The van der Waals surface area contributed by atoms with Crippen LogP contribution in [0.15, 0.2) is 48.5 Å². The Kier molecular flexibility index (Phi) is 5.94. The summed E-state index contributed by atoms with van der Waals surface area (Å²) >= 11 is 0. The number of carboxylic acid groups (broad SMARTS) is 1. The number of hydrogen-bond donors (Lipinski definition) is 2. The van der Waals surface area contributed by atoms with Crippen molar-refractivity contribution in [3.05, 3.63) is 59.7 Å². The molecule has 2 atom stereocenters. The standard InChI is InChI=1S/C26H26F2N2O5/c27-26(28)21(23(26)24(33)30-12-15(13-30)9-10-22(31)32)11-29-25(34)35-14-20-18-7-3-1-5-16(18)17-6-2-4-8-19(17)20/h1-8,15,20-21,23H,9-14H2,(H,29,34)(H,31,32)/t21-,23-/m0/s1. The highest BCUT2D eigenvalue weighted by Crippen LogP contribution is 2.56.